The first kappa shape index (κ1) is 50.4. The van der Waals surface area contributed by atoms with E-state index >= 15 is 0 Å². The number of ether oxygens (including phenoxy) is 4. The van der Waals surface area contributed by atoms with Gasteiger partial charge in [0.1, 0.15) is 41.2 Å². The zero-order valence-corrected chi connectivity index (χ0v) is 39.2. The number of para-hydroxylation sites is 1. The van der Waals surface area contributed by atoms with Crippen LogP contribution >= 0.6 is 19.4 Å². The van der Waals surface area contributed by atoms with Crippen LogP contribution < -0.4 is 10.3 Å². The van der Waals surface area contributed by atoms with Gasteiger partial charge in [0.05, 0.1) is 48.3 Å². The topological polar surface area (TPSA) is 162 Å². The van der Waals surface area contributed by atoms with Crippen molar-refractivity contribution in [3.8, 4) is 11.8 Å². The van der Waals surface area contributed by atoms with Crippen molar-refractivity contribution in [2.24, 2.45) is 0 Å². The summed E-state index contributed by atoms with van der Waals surface area (Å²) in [6, 6.07) is 16.3. The largest absolute Gasteiger partial charge is 0.530 e. The maximum absolute atomic E-state index is 14.8. The summed E-state index contributed by atoms with van der Waals surface area (Å²) in [6.07, 6.45) is 16.9. The smallest absolute Gasteiger partial charge is 0.402 e. The van der Waals surface area contributed by atoms with Crippen molar-refractivity contribution in [1.29, 1.82) is 5.26 Å². The highest BCUT2D eigenvalue weighted by molar-refractivity contribution is 7.49. The molecule has 0 bridgehead atoms. The number of nitrogens with two attached hydrogens (primary N) is 1. The van der Waals surface area contributed by atoms with E-state index in [4.69, 9.17) is 49.9 Å². The Morgan fingerprint density at radius 1 is 0.968 bits per heavy atom. The van der Waals surface area contributed by atoms with Crippen LogP contribution in [0.1, 0.15) is 147 Å². The second-order valence-corrected chi connectivity index (χ2v) is 19.0. The molecule has 0 radical (unpaired) electrons. The van der Waals surface area contributed by atoms with Gasteiger partial charge in [-0.2, -0.15) is 10.4 Å². The number of fused-ring (bicyclic) bond motifs is 1. The molecule has 346 valence electrons. The molecular formula is C47H66ClFN5O8P. The van der Waals surface area contributed by atoms with Crippen LogP contribution in [0.25, 0.3) is 5.52 Å². The van der Waals surface area contributed by atoms with Crippen LogP contribution in [0.2, 0.25) is 5.02 Å². The predicted octanol–water partition coefficient (Wildman–Crippen LogP) is 12.3. The van der Waals surface area contributed by atoms with Gasteiger partial charge in [0.2, 0.25) is 0 Å². The molecule has 1 unspecified atom stereocenters. The van der Waals surface area contributed by atoms with E-state index in [1.807, 2.05) is 12.1 Å². The second kappa shape index (κ2) is 24.6. The Balaban J connectivity index is 1.27. The highest BCUT2D eigenvalue weighted by Crippen LogP contribution is 2.53. The molecule has 0 aliphatic carbocycles. The van der Waals surface area contributed by atoms with Crippen LogP contribution in [-0.2, 0) is 39.2 Å². The van der Waals surface area contributed by atoms with E-state index in [2.05, 4.69) is 17.0 Å². The zero-order chi connectivity index (χ0) is 45.3. The van der Waals surface area contributed by atoms with E-state index in [1.165, 1.54) is 89.8 Å². The summed E-state index contributed by atoms with van der Waals surface area (Å²) >= 11 is 6.49. The number of halogens is 2. The number of nitrogen functional groups attached to an aromatic ring is 1. The first-order chi connectivity index (χ1) is 30.3. The fourth-order valence-corrected chi connectivity index (χ4v) is 9.34. The van der Waals surface area contributed by atoms with Crippen molar-refractivity contribution >= 4 is 30.8 Å². The van der Waals surface area contributed by atoms with Gasteiger partial charge in [-0.3, -0.25) is 9.05 Å². The summed E-state index contributed by atoms with van der Waals surface area (Å²) in [5, 5.41) is 14.0. The minimum absolute atomic E-state index is 0.00146. The Morgan fingerprint density at radius 3 is 2.29 bits per heavy atom. The number of hydrogen-bond acceptors (Lipinski definition) is 12. The Kier molecular flexibility index (Phi) is 19.7. The molecule has 4 aromatic rings. The van der Waals surface area contributed by atoms with Crippen molar-refractivity contribution in [1.82, 2.24) is 14.6 Å². The molecule has 63 heavy (non-hydrogen) atoms. The Morgan fingerprint density at radius 2 is 1.63 bits per heavy atom. The lowest BCUT2D eigenvalue weighted by Crippen LogP contribution is -2.48. The quantitative estimate of drug-likeness (QED) is 0.0406. The second-order valence-electron chi connectivity index (χ2n) is 17.0. The molecule has 5 rings (SSSR count). The molecule has 0 amide bonds. The van der Waals surface area contributed by atoms with Crippen LogP contribution in [0.5, 0.6) is 5.75 Å². The number of rotatable bonds is 29. The van der Waals surface area contributed by atoms with Crippen LogP contribution in [0.15, 0.2) is 60.9 Å². The van der Waals surface area contributed by atoms with Crippen LogP contribution in [0.4, 0.5) is 10.2 Å². The molecule has 16 heteroatoms. The first-order valence-corrected chi connectivity index (χ1v) is 24.3. The molecule has 2 aromatic carbocycles. The number of benzene rings is 2. The Bertz CT molecular complexity index is 2120. The lowest BCUT2D eigenvalue weighted by atomic mass is 9.93. The molecule has 0 saturated carbocycles. The molecule has 0 spiro atoms. The average Bonchev–Trinajstić information content (AvgIpc) is 3.85. The molecule has 5 atom stereocenters. The number of hydrogen-bond donors (Lipinski definition) is 1. The Labute approximate surface area is 377 Å². The standard InChI is InChI=1S/C47H66ClFN5O8P/c1-6-7-8-9-10-11-12-13-14-15-16-17-18-19-22-38(57-31-36-27-35(30-50)28-37(49)29-36)32-58-63(55,62-42-24-21-20-23-39(42)48)59-33-47(4,56-5)44-43(60-46(2,3)61-44)40-25-26-41-45(51)52-34-53-54(40)41/h20-21,23-29,34,38,43-44H,6-19,22,31-33H2,1-5H3,(H2,51,52,53)/t38-,43-,44-,47+,63?/m0/s1. The van der Waals surface area contributed by atoms with Crippen LogP contribution in [0, 0.1) is 17.1 Å². The summed E-state index contributed by atoms with van der Waals surface area (Å²) in [7, 11) is -3.01. The maximum Gasteiger partial charge on any atom is 0.530 e. The van der Waals surface area contributed by atoms with Gasteiger partial charge >= 0.3 is 7.82 Å². The normalized spacial score (nSPS) is 18.5. The molecule has 3 heterocycles. The molecule has 1 aliphatic rings. The third kappa shape index (κ3) is 15.2. The average molecular weight is 914 g/mol. The molecule has 2 aromatic heterocycles. The van der Waals surface area contributed by atoms with E-state index in [0.29, 0.717) is 29.0 Å². The fourth-order valence-electron chi connectivity index (χ4n) is 7.77. The predicted molar refractivity (Wildman–Crippen MR) is 242 cm³/mol. The Hall–Kier alpha value is -3.64. The number of nitrogens with zero attached hydrogens (tertiary/aromatic N) is 4. The molecule has 1 aliphatic heterocycles. The van der Waals surface area contributed by atoms with Crippen molar-refractivity contribution in [2.75, 3.05) is 26.1 Å². The zero-order valence-electron chi connectivity index (χ0n) is 37.6. The number of phosphoric ester groups is 1. The van der Waals surface area contributed by atoms with Gasteiger partial charge in [0, 0.05) is 7.11 Å². The molecule has 13 nitrogen and oxygen atoms in total. The number of aromatic nitrogens is 3. The monoisotopic (exact) mass is 913 g/mol. The summed E-state index contributed by atoms with van der Waals surface area (Å²) in [6.45, 7) is 7.04. The van der Waals surface area contributed by atoms with E-state index in [1.54, 1.807) is 61.7 Å². The van der Waals surface area contributed by atoms with Crippen LogP contribution in [-0.4, -0.2) is 58.5 Å². The number of anilines is 1. The summed E-state index contributed by atoms with van der Waals surface area (Å²) in [5.74, 6) is -1.21. The van der Waals surface area contributed by atoms with Crippen LogP contribution in [0.3, 0.4) is 0 Å². The van der Waals surface area contributed by atoms with Crippen molar-refractivity contribution in [2.45, 2.75) is 160 Å². The van der Waals surface area contributed by atoms with Crippen molar-refractivity contribution in [3.05, 3.63) is 88.6 Å². The summed E-state index contributed by atoms with van der Waals surface area (Å²) < 4.78 is 74.4. The SMILES string of the molecule is CCCCCCCCCCCCCCCC[C@@H](COP(=O)(OC[C@@](C)(OC)[C@H]1OC(C)(C)O[C@H]1c1ccc2c(N)ncnn12)Oc1ccccc1Cl)OCc1cc(F)cc(C#N)c1. The third-order valence-corrected chi connectivity index (χ3v) is 13.0. The summed E-state index contributed by atoms with van der Waals surface area (Å²) in [4.78, 5) is 4.10. The molecule has 1 fully saturated rings. The van der Waals surface area contributed by atoms with Gasteiger partial charge in [-0.15, -0.1) is 0 Å². The number of methoxy groups -OCH3 is 1. The van der Waals surface area contributed by atoms with Gasteiger partial charge in [0.15, 0.2) is 11.6 Å². The molecule has 2 N–H and O–H groups in total. The van der Waals surface area contributed by atoms with Gasteiger partial charge in [-0.25, -0.2) is 18.5 Å². The number of unbranched alkanes of at least 4 members (excludes halogenated alkanes) is 13. The van der Waals surface area contributed by atoms with E-state index in [9.17, 15) is 14.2 Å². The minimum Gasteiger partial charge on any atom is -0.402 e. The highest BCUT2D eigenvalue weighted by atomic mass is 35.5. The highest BCUT2D eigenvalue weighted by Gasteiger charge is 2.54. The summed E-state index contributed by atoms with van der Waals surface area (Å²) in [5.41, 5.74) is 6.74. The number of phosphoric acid groups is 1. The maximum atomic E-state index is 14.8. The molecule has 1 saturated heterocycles. The van der Waals surface area contributed by atoms with Gasteiger partial charge in [-0.1, -0.05) is 121 Å². The lowest BCUT2D eigenvalue weighted by molar-refractivity contribution is -0.180. The van der Waals surface area contributed by atoms with Gasteiger partial charge in [0.25, 0.3) is 0 Å². The van der Waals surface area contributed by atoms with Gasteiger partial charge in [-0.05, 0) is 75.2 Å². The van der Waals surface area contributed by atoms with Crippen molar-refractivity contribution in [3.63, 3.8) is 0 Å². The minimum atomic E-state index is -4.51. The third-order valence-electron chi connectivity index (χ3n) is 11.4. The van der Waals surface area contributed by atoms with E-state index in [-0.39, 0.29) is 36.2 Å². The van der Waals surface area contributed by atoms with Gasteiger partial charge < -0.3 is 29.2 Å². The number of nitriles is 1. The van der Waals surface area contributed by atoms with E-state index in [0.717, 1.165) is 25.7 Å². The first-order valence-electron chi connectivity index (χ1n) is 22.4. The van der Waals surface area contributed by atoms with Crippen molar-refractivity contribution < 1.29 is 41.5 Å². The van der Waals surface area contributed by atoms with E-state index < -0.39 is 43.3 Å². The fraction of sp³-hybridized carbons (Fsp3) is 0.596. The molecular weight excluding hydrogens is 848 g/mol. The lowest BCUT2D eigenvalue weighted by Gasteiger charge is -2.36.